The predicted octanol–water partition coefficient (Wildman–Crippen LogP) is 2.64. The van der Waals surface area contributed by atoms with Crippen LogP contribution in [-0.2, 0) is 4.79 Å². The number of nitrogens with zero attached hydrogens (tertiary/aromatic N) is 1. The minimum Gasteiger partial charge on any atom is -0.508 e. The van der Waals surface area contributed by atoms with E-state index in [0.29, 0.717) is 11.7 Å². The molecule has 0 saturated carbocycles. The molecule has 2 atom stereocenters. The van der Waals surface area contributed by atoms with E-state index in [4.69, 9.17) is 5.11 Å². The molecule has 1 saturated heterocycles. The van der Waals surface area contributed by atoms with E-state index < -0.39 is 5.97 Å². The number of phenols is 1. The summed E-state index contributed by atoms with van der Waals surface area (Å²) in [6, 6.07) is 7.63. The fourth-order valence-electron chi connectivity index (χ4n) is 2.77. The molecule has 0 bridgehead atoms. The van der Waals surface area contributed by atoms with Crippen LogP contribution in [0.3, 0.4) is 0 Å². The Hall–Kier alpha value is -1.55. The summed E-state index contributed by atoms with van der Waals surface area (Å²) >= 11 is 0. The van der Waals surface area contributed by atoms with E-state index in [1.165, 1.54) is 0 Å². The van der Waals surface area contributed by atoms with Crippen LogP contribution in [0.2, 0.25) is 0 Å². The normalized spacial score (nSPS) is 21.4. The van der Waals surface area contributed by atoms with Gasteiger partial charge in [0.05, 0.1) is 0 Å². The van der Waals surface area contributed by atoms with Crippen molar-refractivity contribution in [3.8, 4) is 5.75 Å². The van der Waals surface area contributed by atoms with Gasteiger partial charge in [0.1, 0.15) is 5.75 Å². The van der Waals surface area contributed by atoms with Crippen LogP contribution < -0.4 is 0 Å². The number of hydrogen-bond donors (Lipinski definition) is 2. The molecule has 1 fully saturated rings. The largest absolute Gasteiger partial charge is 0.508 e. The van der Waals surface area contributed by atoms with E-state index in [0.717, 1.165) is 31.5 Å². The van der Waals surface area contributed by atoms with Crippen LogP contribution in [0.5, 0.6) is 5.75 Å². The summed E-state index contributed by atoms with van der Waals surface area (Å²) in [5.41, 5.74) is 1.11. The monoisotopic (exact) mass is 263 g/mol. The highest BCUT2D eigenvalue weighted by molar-refractivity contribution is 5.66. The first-order valence-corrected chi connectivity index (χ1v) is 6.81. The quantitative estimate of drug-likeness (QED) is 0.857. The van der Waals surface area contributed by atoms with Crippen molar-refractivity contribution in [1.29, 1.82) is 0 Å². The van der Waals surface area contributed by atoms with Crippen LogP contribution in [0.4, 0.5) is 0 Å². The van der Waals surface area contributed by atoms with E-state index in [2.05, 4.69) is 11.8 Å². The first-order chi connectivity index (χ1) is 9.06. The van der Waals surface area contributed by atoms with E-state index in [1.807, 2.05) is 12.1 Å². The van der Waals surface area contributed by atoms with Crippen molar-refractivity contribution >= 4 is 5.97 Å². The lowest BCUT2D eigenvalue weighted by molar-refractivity contribution is -0.137. The second-order valence-corrected chi connectivity index (χ2v) is 5.35. The van der Waals surface area contributed by atoms with E-state index >= 15 is 0 Å². The molecule has 0 amide bonds. The molecular formula is C15H21NO3. The van der Waals surface area contributed by atoms with Crippen LogP contribution in [0.1, 0.15) is 37.8 Å². The molecular weight excluding hydrogens is 242 g/mol. The maximum Gasteiger partial charge on any atom is 0.303 e. The van der Waals surface area contributed by atoms with Crippen molar-refractivity contribution in [2.24, 2.45) is 5.92 Å². The molecule has 1 aliphatic heterocycles. The number of hydrogen-bond acceptors (Lipinski definition) is 3. The SMILES string of the molecule is CC(c1cccc(O)c1)N1CCC(CCC(=O)O)C1. The van der Waals surface area contributed by atoms with Gasteiger partial charge in [-0.2, -0.15) is 0 Å². The number of aromatic hydroxyl groups is 1. The molecule has 104 valence electrons. The highest BCUT2D eigenvalue weighted by Gasteiger charge is 2.27. The number of carboxylic acids is 1. The molecule has 0 aromatic heterocycles. The van der Waals surface area contributed by atoms with Gasteiger partial charge in [0, 0.05) is 19.0 Å². The van der Waals surface area contributed by atoms with Gasteiger partial charge in [0.25, 0.3) is 0 Å². The average molecular weight is 263 g/mol. The lowest BCUT2D eigenvalue weighted by Gasteiger charge is -2.24. The maximum atomic E-state index is 10.6. The fourth-order valence-corrected chi connectivity index (χ4v) is 2.77. The van der Waals surface area contributed by atoms with Gasteiger partial charge in [0.15, 0.2) is 0 Å². The maximum absolute atomic E-state index is 10.6. The van der Waals surface area contributed by atoms with Gasteiger partial charge in [-0.05, 0) is 49.9 Å². The molecule has 0 aliphatic carbocycles. The van der Waals surface area contributed by atoms with Crippen molar-refractivity contribution in [2.75, 3.05) is 13.1 Å². The molecule has 4 nitrogen and oxygen atoms in total. The van der Waals surface area contributed by atoms with Gasteiger partial charge >= 0.3 is 5.97 Å². The number of carbonyl (C=O) groups is 1. The average Bonchev–Trinajstić information content (AvgIpc) is 2.84. The number of rotatable bonds is 5. The molecule has 2 unspecified atom stereocenters. The number of benzene rings is 1. The predicted molar refractivity (Wildman–Crippen MR) is 73.1 cm³/mol. The van der Waals surface area contributed by atoms with Gasteiger partial charge in [0.2, 0.25) is 0 Å². The first-order valence-electron chi connectivity index (χ1n) is 6.81. The second-order valence-electron chi connectivity index (χ2n) is 5.35. The third-order valence-corrected chi connectivity index (χ3v) is 3.98. The lowest BCUT2D eigenvalue weighted by Crippen LogP contribution is -2.24. The highest BCUT2D eigenvalue weighted by atomic mass is 16.4. The Morgan fingerprint density at radius 1 is 1.53 bits per heavy atom. The van der Waals surface area contributed by atoms with E-state index in [9.17, 15) is 9.90 Å². The van der Waals surface area contributed by atoms with Crippen LogP contribution in [-0.4, -0.2) is 34.2 Å². The highest BCUT2D eigenvalue weighted by Crippen LogP contribution is 2.30. The number of aliphatic carboxylic acids is 1. The molecule has 1 aliphatic rings. The molecule has 1 aromatic carbocycles. The molecule has 0 spiro atoms. The molecule has 1 aromatic rings. The molecule has 0 radical (unpaired) electrons. The zero-order chi connectivity index (χ0) is 13.8. The number of carboxylic acid groups (broad SMARTS) is 1. The van der Waals surface area contributed by atoms with E-state index in [-0.39, 0.29) is 12.5 Å². The summed E-state index contributed by atoms with van der Waals surface area (Å²) in [5, 5.41) is 18.2. The second kappa shape index (κ2) is 6.06. The van der Waals surface area contributed by atoms with Crippen LogP contribution in [0.25, 0.3) is 0 Å². The van der Waals surface area contributed by atoms with E-state index in [1.54, 1.807) is 12.1 Å². The Morgan fingerprint density at radius 2 is 2.32 bits per heavy atom. The Labute approximate surface area is 113 Å². The van der Waals surface area contributed by atoms with Crippen LogP contribution in [0, 0.1) is 5.92 Å². The summed E-state index contributed by atoms with van der Waals surface area (Å²) in [7, 11) is 0. The van der Waals surface area contributed by atoms with Crippen molar-refractivity contribution in [1.82, 2.24) is 4.90 Å². The van der Waals surface area contributed by atoms with Crippen molar-refractivity contribution in [3.63, 3.8) is 0 Å². The van der Waals surface area contributed by atoms with Gasteiger partial charge < -0.3 is 10.2 Å². The topological polar surface area (TPSA) is 60.8 Å². The summed E-state index contributed by atoms with van der Waals surface area (Å²) in [6.45, 7) is 4.08. The Bertz CT molecular complexity index is 447. The van der Waals surface area contributed by atoms with Gasteiger partial charge in [-0.3, -0.25) is 9.69 Å². The summed E-state index contributed by atoms with van der Waals surface area (Å²) < 4.78 is 0. The zero-order valence-electron chi connectivity index (χ0n) is 11.2. The van der Waals surface area contributed by atoms with Gasteiger partial charge in [-0.15, -0.1) is 0 Å². The third-order valence-electron chi connectivity index (χ3n) is 3.98. The number of likely N-dealkylation sites (tertiary alicyclic amines) is 1. The Balaban J connectivity index is 1.91. The molecule has 19 heavy (non-hydrogen) atoms. The van der Waals surface area contributed by atoms with Crippen LogP contribution >= 0.6 is 0 Å². The third kappa shape index (κ3) is 3.70. The Morgan fingerprint density at radius 3 is 3.00 bits per heavy atom. The molecule has 1 heterocycles. The smallest absolute Gasteiger partial charge is 0.303 e. The standard InChI is InChI=1S/C15H21NO3/c1-11(13-3-2-4-14(17)9-13)16-8-7-12(10-16)5-6-15(18)19/h2-4,9,11-12,17H,5-8,10H2,1H3,(H,18,19). The number of phenolic OH excluding ortho intramolecular Hbond substituents is 1. The fraction of sp³-hybridized carbons (Fsp3) is 0.533. The summed E-state index contributed by atoms with van der Waals surface area (Å²) in [6.07, 6.45) is 2.09. The van der Waals surface area contributed by atoms with Crippen molar-refractivity contribution in [2.45, 2.75) is 32.2 Å². The van der Waals surface area contributed by atoms with Crippen LogP contribution in [0.15, 0.2) is 24.3 Å². The molecule has 4 heteroatoms. The molecule has 2 N–H and O–H groups in total. The van der Waals surface area contributed by atoms with Gasteiger partial charge in [-0.1, -0.05) is 12.1 Å². The summed E-state index contributed by atoms with van der Waals surface area (Å²) in [5.74, 6) is 0.0707. The molecule has 2 rings (SSSR count). The minimum atomic E-state index is -0.709. The Kier molecular flexibility index (Phi) is 4.43. The first kappa shape index (κ1) is 13.9. The van der Waals surface area contributed by atoms with Crippen molar-refractivity contribution in [3.05, 3.63) is 29.8 Å². The van der Waals surface area contributed by atoms with Gasteiger partial charge in [-0.25, -0.2) is 0 Å². The lowest BCUT2D eigenvalue weighted by atomic mass is 10.0. The minimum absolute atomic E-state index is 0.263. The summed E-state index contributed by atoms with van der Waals surface area (Å²) in [4.78, 5) is 13.0. The zero-order valence-corrected chi connectivity index (χ0v) is 11.2. The van der Waals surface area contributed by atoms with Crippen molar-refractivity contribution < 1.29 is 15.0 Å².